The summed E-state index contributed by atoms with van der Waals surface area (Å²) in [4.78, 5) is 27.0. The Morgan fingerprint density at radius 2 is 1.72 bits per heavy atom. The van der Waals surface area contributed by atoms with Crippen molar-refractivity contribution < 1.29 is 19.8 Å². The summed E-state index contributed by atoms with van der Waals surface area (Å²) < 4.78 is 1.17. The Bertz CT molecular complexity index is 1370. The van der Waals surface area contributed by atoms with Crippen LogP contribution < -0.4 is 4.90 Å². The van der Waals surface area contributed by atoms with Crippen LogP contribution in [0, 0.1) is 13.8 Å². The molecular formula is C29H31NO4S2. The molecule has 0 saturated carbocycles. The summed E-state index contributed by atoms with van der Waals surface area (Å²) in [6, 6.07) is 12.8. The van der Waals surface area contributed by atoms with Crippen LogP contribution in [0.5, 0.6) is 0 Å². The molecule has 0 saturated heterocycles. The van der Waals surface area contributed by atoms with E-state index in [1.807, 2.05) is 0 Å². The van der Waals surface area contributed by atoms with Gasteiger partial charge in [-0.1, -0.05) is 42.4 Å². The van der Waals surface area contributed by atoms with Gasteiger partial charge in [0.05, 0.1) is 10.7 Å². The van der Waals surface area contributed by atoms with Gasteiger partial charge in [-0.25, -0.2) is 0 Å². The molecule has 0 fully saturated rings. The molecule has 2 heterocycles. The van der Waals surface area contributed by atoms with Crippen molar-refractivity contribution in [2.75, 3.05) is 11.4 Å². The fraction of sp³-hybridized carbons (Fsp3) is 0.310. The fourth-order valence-corrected chi connectivity index (χ4v) is 6.75. The summed E-state index contributed by atoms with van der Waals surface area (Å²) in [5.74, 6) is -1.57. The Labute approximate surface area is 220 Å². The van der Waals surface area contributed by atoms with Gasteiger partial charge in [-0.05, 0) is 85.5 Å². The van der Waals surface area contributed by atoms with E-state index >= 15 is 0 Å². The van der Waals surface area contributed by atoms with Crippen molar-refractivity contribution in [1.82, 2.24) is 0 Å². The van der Waals surface area contributed by atoms with E-state index in [0.717, 1.165) is 44.1 Å². The second-order valence-corrected chi connectivity index (χ2v) is 11.3. The second kappa shape index (κ2) is 11.4. The first-order valence-corrected chi connectivity index (χ1v) is 13.8. The number of benzene rings is 2. The lowest BCUT2D eigenvalue weighted by Crippen LogP contribution is -2.20. The molecule has 2 aromatic carbocycles. The molecule has 4 rings (SSSR count). The summed E-state index contributed by atoms with van der Waals surface area (Å²) in [6.45, 7) is 6.90. The van der Waals surface area contributed by atoms with E-state index in [1.165, 1.54) is 15.2 Å². The number of thiophene rings is 1. The number of hydrogen-bond donors (Lipinski definition) is 2. The Hall–Kier alpha value is -3.03. The van der Waals surface area contributed by atoms with Crippen LogP contribution in [0.3, 0.4) is 0 Å². The van der Waals surface area contributed by atoms with E-state index in [9.17, 15) is 14.7 Å². The maximum Gasteiger partial charge on any atom is 0.303 e. The van der Waals surface area contributed by atoms with E-state index in [2.05, 4.69) is 74.2 Å². The number of carboxylic acids is 2. The summed E-state index contributed by atoms with van der Waals surface area (Å²) in [5, 5.41) is 20.7. The van der Waals surface area contributed by atoms with Gasteiger partial charge in [0.2, 0.25) is 0 Å². The lowest BCUT2D eigenvalue weighted by molar-refractivity contribution is -0.138. The number of thioether (sulfide) groups is 1. The third-order valence-corrected chi connectivity index (χ3v) is 8.53. The molecule has 188 valence electrons. The number of carbonyl (C=O) groups is 2. The average Bonchev–Trinajstić information content (AvgIpc) is 3.33. The van der Waals surface area contributed by atoms with E-state index in [1.54, 1.807) is 23.1 Å². The fourth-order valence-electron chi connectivity index (χ4n) is 4.40. The lowest BCUT2D eigenvalue weighted by Gasteiger charge is -2.21. The predicted molar refractivity (Wildman–Crippen MR) is 150 cm³/mol. The largest absolute Gasteiger partial charge is 0.481 e. The lowest BCUT2D eigenvalue weighted by atomic mass is 10.0. The first-order valence-electron chi connectivity index (χ1n) is 12.2. The summed E-state index contributed by atoms with van der Waals surface area (Å²) in [5.41, 5.74) is 5.73. The molecule has 7 heteroatoms. The smallest absolute Gasteiger partial charge is 0.303 e. The number of nitrogens with zero attached hydrogens (tertiary/aromatic N) is 1. The van der Waals surface area contributed by atoms with Crippen LogP contribution >= 0.6 is 23.1 Å². The van der Waals surface area contributed by atoms with Gasteiger partial charge in [0.25, 0.3) is 0 Å². The first kappa shape index (κ1) is 26.0. The normalized spacial score (nSPS) is 14.6. The van der Waals surface area contributed by atoms with Crippen LogP contribution in [0.2, 0.25) is 0 Å². The zero-order valence-electron chi connectivity index (χ0n) is 20.8. The molecule has 36 heavy (non-hydrogen) atoms. The molecule has 2 N–H and O–H groups in total. The first-order chi connectivity index (χ1) is 17.2. The van der Waals surface area contributed by atoms with Crippen molar-refractivity contribution in [2.45, 2.75) is 57.8 Å². The van der Waals surface area contributed by atoms with Crippen molar-refractivity contribution in [3.63, 3.8) is 0 Å². The third-order valence-electron chi connectivity index (χ3n) is 6.26. The molecule has 1 aromatic heterocycles. The molecule has 3 aromatic rings. The van der Waals surface area contributed by atoms with E-state index in [-0.39, 0.29) is 12.8 Å². The Kier molecular flexibility index (Phi) is 8.21. The van der Waals surface area contributed by atoms with Crippen molar-refractivity contribution in [2.24, 2.45) is 0 Å². The molecule has 0 amide bonds. The Morgan fingerprint density at radius 1 is 1.00 bits per heavy atom. The number of hydrogen-bond acceptors (Lipinski definition) is 5. The summed E-state index contributed by atoms with van der Waals surface area (Å²) in [7, 11) is 0. The number of anilines is 1. The van der Waals surface area contributed by atoms with Gasteiger partial charge in [0.15, 0.2) is 0 Å². The SMILES string of the molecule is CCC(/C=C1\Sc2ccc(C)cc2N1CCCC(=O)O)=C\c1sc2ccc(C)cc2c1CCC(=O)O. The Morgan fingerprint density at radius 3 is 2.44 bits per heavy atom. The van der Waals surface area contributed by atoms with E-state index < -0.39 is 11.9 Å². The van der Waals surface area contributed by atoms with Crippen LogP contribution in [-0.4, -0.2) is 28.7 Å². The number of allylic oxidation sites excluding steroid dienone is 2. The standard InChI is InChI=1S/C29H31NO4S2/c1-4-20(16-26-21(9-12-29(33)34)22-14-18(2)7-10-24(22)35-26)17-27-30(13-5-6-28(31)32)23-15-19(3)8-11-25(23)36-27/h7-8,10-11,14-17H,4-6,9,12-13H2,1-3H3,(H,31,32)(H,33,34)/b20-16+,27-17-. The number of aryl methyl sites for hydroxylation is 3. The number of rotatable bonds is 10. The summed E-state index contributed by atoms with van der Waals surface area (Å²) in [6.07, 6.45) is 6.55. The van der Waals surface area contributed by atoms with Crippen molar-refractivity contribution in [1.29, 1.82) is 0 Å². The van der Waals surface area contributed by atoms with Crippen LogP contribution in [0.1, 0.15) is 54.2 Å². The quantitative estimate of drug-likeness (QED) is 0.285. The molecule has 1 aliphatic rings. The highest BCUT2D eigenvalue weighted by Crippen LogP contribution is 2.47. The van der Waals surface area contributed by atoms with Gasteiger partial charge in [0.1, 0.15) is 0 Å². The van der Waals surface area contributed by atoms with Crippen molar-refractivity contribution >= 4 is 56.9 Å². The van der Waals surface area contributed by atoms with Gasteiger partial charge in [-0.2, -0.15) is 0 Å². The van der Waals surface area contributed by atoms with Crippen LogP contribution in [0.4, 0.5) is 5.69 Å². The van der Waals surface area contributed by atoms with Crippen molar-refractivity contribution in [3.05, 3.63) is 74.6 Å². The molecule has 0 radical (unpaired) electrons. The zero-order valence-corrected chi connectivity index (χ0v) is 22.5. The zero-order chi connectivity index (χ0) is 25.8. The molecule has 5 nitrogen and oxygen atoms in total. The highest BCUT2D eigenvalue weighted by Gasteiger charge is 2.25. The summed E-state index contributed by atoms with van der Waals surface area (Å²) >= 11 is 3.42. The van der Waals surface area contributed by atoms with Crippen LogP contribution in [0.15, 0.2) is 58.0 Å². The molecule has 0 bridgehead atoms. The maximum absolute atomic E-state index is 11.3. The minimum absolute atomic E-state index is 0.102. The van der Waals surface area contributed by atoms with Gasteiger partial charge in [-0.3, -0.25) is 9.59 Å². The van der Waals surface area contributed by atoms with Gasteiger partial charge >= 0.3 is 11.9 Å². The molecular weight excluding hydrogens is 490 g/mol. The minimum Gasteiger partial charge on any atom is -0.481 e. The third kappa shape index (κ3) is 6.02. The predicted octanol–water partition coefficient (Wildman–Crippen LogP) is 7.65. The van der Waals surface area contributed by atoms with Crippen molar-refractivity contribution in [3.8, 4) is 0 Å². The van der Waals surface area contributed by atoms with Gasteiger partial charge in [-0.15, -0.1) is 11.3 Å². The maximum atomic E-state index is 11.3. The molecule has 0 unspecified atom stereocenters. The Balaban J connectivity index is 1.72. The molecule has 0 aliphatic carbocycles. The topological polar surface area (TPSA) is 77.8 Å². The van der Waals surface area contributed by atoms with E-state index in [4.69, 9.17) is 5.11 Å². The second-order valence-electron chi connectivity index (χ2n) is 9.12. The average molecular weight is 522 g/mol. The molecule has 0 atom stereocenters. The number of fused-ring (bicyclic) bond motifs is 2. The minimum atomic E-state index is -0.790. The van der Waals surface area contributed by atoms with E-state index in [0.29, 0.717) is 19.4 Å². The number of carboxylic acid groups (broad SMARTS) is 2. The van der Waals surface area contributed by atoms with Gasteiger partial charge < -0.3 is 15.1 Å². The number of aliphatic carboxylic acids is 2. The molecule has 0 spiro atoms. The van der Waals surface area contributed by atoms with Crippen LogP contribution in [-0.2, 0) is 16.0 Å². The monoisotopic (exact) mass is 521 g/mol. The highest BCUT2D eigenvalue weighted by molar-refractivity contribution is 8.03. The molecule has 1 aliphatic heterocycles. The van der Waals surface area contributed by atoms with Crippen LogP contribution in [0.25, 0.3) is 16.2 Å². The highest BCUT2D eigenvalue weighted by atomic mass is 32.2. The van der Waals surface area contributed by atoms with Gasteiger partial charge in [0, 0.05) is 33.9 Å².